The molecule has 0 bridgehead atoms. The molecular weight excluding hydrogens is 356 g/mol. The summed E-state index contributed by atoms with van der Waals surface area (Å²) in [5, 5.41) is 0.575. The number of benzene rings is 1. The zero-order valence-electron chi connectivity index (χ0n) is 17.2. The van der Waals surface area contributed by atoms with E-state index in [1.807, 2.05) is 25.1 Å². The molecule has 154 valence electrons. The van der Waals surface area contributed by atoms with E-state index < -0.39 is 0 Å². The van der Waals surface area contributed by atoms with E-state index in [2.05, 4.69) is 0 Å². The van der Waals surface area contributed by atoms with Gasteiger partial charge in [0.1, 0.15) is 5.82 Å². The lowest BCUT2D eigenvalue weighted by atomic mass is 10.1. The first-order valence-corrected chi connectivity index (χ1v) is 9.97. The maximum Gasteiger partial charge on any atom is 0.261 e. The number of hydrogen-bond donors (Lipinski definition) is 1. The predicted molar refractivity (Wildman–Crippen MR) is 111 cm³/mol. The Morgan fingerprint density at radius 1 is 1.25 bits per heavy atom. The van der Waals surface area contributed by atoms with Crippen LogP contribution in [0.2, 0.25) is 0 Å². The number of carbonyl (C=O) groups excluding carboxylic acids is 1. The monoisotopic (exact) mass is 388 g/mol. The highest BCUT2D eigenvalue weighted by Gasteiger charge is 2.23. The standard InChI is InChI=1S/C21H32N4O3/c1-16(24(17(2)26)13-9-5-4-8-12-22)20-23-19-11-7-6-10-18(19)21(27)25(20)14-15-28-3/h6-7,10-11,16H,4-5,8-9,12-15,22H2,1-3H3/t16-/m1/s1. The van der Waals surface area contributed by atoms with Crippen LogP contribution in [0.15, 0.2) is 29.1 Å². The lowest BCUT2D eigenvalue weighted by Gasteiger charge is -2.29. The summed E-state index contributed by atoms with van der Waals surface area (Å²) in [5.41, 5.74) is 6.09. The van der Waals surface area contributed by atoms with Crippen LogP contribution < -0.4 is 11.3 Å². The van der Waals surface area contributed by atoms with Crippen molar-refractivity contribution >= 4 is 16.8 Å². The smallest absolute Gasteiger partial charge is 0.261 e. The van der Waals surface area contributed by atoms with E-state index in [0.29, 0.717) is 43.0 Å². The van der Waals surface area contributed by atoms with Crippen LogP contribution in [0.1, 0.15) is 51.4 Å². The molecule has 0 radical (unpaired) electrons. The Balaban J connectivity index is 2.35. The SMILES string of the molecule is COCCn1c([C@@H](C)N(CCCCCCN)C(C)=O)nc2ccccc2c1=O. The van der Waals surface area contributed by atoms with Gasteiger partial charge in [0, 0.05) is 20.6 Å². The number of unbranched alkanes of at least 4 members (excludes halogenated alkanes) is 3. The molecule has 28 heavy (non-hydrogen) atoms. The number of amides is 1. The van der Waals surface area contributed by atoms with Gasteiger partial charge >= 0.3 is 0 Å². The Kier molecular flexibility index (Phi) is 8.60. The van der Waals surface area contributed by atoms with Crippen LogP contribution in [-0.4, -0.2) is 47.2 Å². The lowest BCUT2D eigenvalue weighted by Crippen LogP contribution is -2.37. The molecule has 0 fully saturated rings. The third-order valence-electron chi connectivity index (χ3n) is 5.01. The number of fused-ring (bicyclic) bond motifs is 1. The Morgan fingerprint density at radius 2 is 1.96 bits per heavy atom. The molecule has 0 aliphatic carbocycles. The summed E-state index contributed by atoms with van der Waals surface area (Å²) in [7, 11) is 1.60. The van der Waals surface area contributed by atoms with Gasteiger partial charge in [0.05, 0.1) is 30.1 Å². The van der Waals surface area contributed by atoms with Crippen LogP contribution in [-0.2, 0) is 16.1 Å². The van der Waals surface area contributed by atoms with Gasteiger partial charge in [-0.2, -0.15) is 0 Å². The van der Waals surface area contributed by atoms with Gasteiger partial charge in [0.25, 0.3) is 5.56 Å². The summed E-state index contributed by atoms with van der Waals surface area (Å²) < 4.78 is 6.82. The molecule has 2 aromatic rings. The molecule has 1 amide bonds. The van der Waals surface area contributed by atoms with Crippen molar-refractivity contribution in [1.82, 2.24) is 14.5 Å². The van der Waals surface area contributed by atoms with E-state index in [9.17, 15) is 9.59 Å². The zero-order valence-corrected chi connectivity index (χ0v) is 17.2. The minimum absolute atomic E-state index is 0.0213. The van der Waals surface area contributed by atoms with E-state index in [-0.39, 0.29) is 17.5 Å². The van der Waals surface area contributed by atoms with Crippen molar-refractivity contribution in [2.24, 2.45) is 5.73 Å². The van der Waals surface area contributed by atoms with Gasteiger partial charge in [-0.3, -0.25) is 14.2 Å². The molecule has 7 nitrogen and oxygen atoms in total. The average Bonchev–Trinajstić information content (AvgIpc) is 2.69. The van der Waals surface area contributed by atoms with Crippen LogP contribution >= 0.6 is 0 Å². The van der Waals surface area contributed by atoms with Crippen LogP contribution in [0.25, 0.3) is 10.9 Å². The highest BCUT2D eigenvalue weighted by atomic mass is 16.5. The maximum atomic E-state index is 13.0. The first-order valence-electron chi connectivity index (χ1n) is 9.97. The second-order valence-corrected chi connectivity index (χ2v) is 7.03. The normalized spacial score (nSPS) is 12.3. The van der Waals surface area contributed by atoms with Crippen LogP contribution in [0.4, 0.5) is 0 Å². The largest absolute Gasteiger partial charge is 0.383 e. The van der Waals surface area contributed by atoms with Crippen molar-refractivity contribution in [3.8, 4) is 0 Å². The fourth-order valence-electron chi connectivity index (χ4n) is 3.45. The summed E-state index contributed by atoms with van der Waals surface area (Å²) in [6, 6.07) is 7.00. The quantitative estimate of drug-likeness (QED) is 0.597. The Hall–Kier alpha value is -2.25. The van der Waals surface area contributed by atoms with Gasteiger partial charge in [-0.05, 0) is 38.4 Å². The van der Waals surface area contributed by atoms with Crippen molar-refractivity contribution in [3.05, 3.63) is 40.4 Å². The first kappa shape index (κ1) is 22.0. The fourth-order valence-corrected chi connectivity index (χ4v) is 3.45. The van der Waals surface area contributed by atoms with E-state index >= 15 is 0 Å². The topological polar surface area (TPSA) is 90.4 Å². The van der Waals surface area contributed by atoms with Crippen molar-refractivity contribution in [3.63, 3.8) is 0 Å². The Bertz CT molecular complexity index is 834. The number of carbonyl (C=O) groups is 1. The van der Waals surface area contributed by atoms with Crippen molar-refractivity contribution in [2.45, 2.75) is 52.1 Å². The molecule has 0 saturated carbocycles. The molecule has 0 aliphatic heterocycles. The molecular formula is C21H32N4O3. The first-order chi connectivity index (χ1) is 13.5. The highest BCUT2D eigenvalue weighted by Crippen LogP contribution is 2.21. The van der Waals surface area contributed by atoms with Gasteiger partial charge in [-0.15, -0.1) is 0 Å². The number of nitrogens with two attached hydrogens (primary N) is 1. The Morgan fingerprint density at radius 3 is 2.64 bits per heavy atom. The molecule has 0 spiro atoms. The second kappa shape index (κ2) is 10.9. The highest BCUT2D eigenvalue weighted by molar-refractivity contribution is 5.77. The number of para-hydroxylation sites is 1. The molecule has 0 aliphatic rings. The van der Waals surface area contributed by atoms with Gasteiger partial charge < -0.3 is 15.4 Å². The van der Waals surface area contributed by atoms with Gasteiger partial charge in [0.15, 0.2) is 0 Å². The molecule has 1 heterocycles. The van der Waals surface area contributed by atoms with Crippen LogP contribution in [0.5, 0.6) is 0 Å². The Labute approximate surface area is 166 Å². The molecule has 7 heteroatoms. The molecule has 1 atom stereocenters. The van der Waals surface area contributed by atoms with Gasteiger partial charge in [-0.25, -0.2) is 4.98 Å². The number of ether oxygens (including phenoxy) is 1. The summed E-state index contributed by atoms with van der Waals surface area (Å²) in [4.78, 5) is 31.9. The van der Waals surface area contributed by atoms with Crippen molar-refractivity contribution < 1.29 is 9.53 Å². The van der Waals surface area contributed by atoms with Crippen molar-refractivity contribution in [2.75, 3.05) is 26.8 Å². The summed E-state index contributed by atoms with van der Waals surface area (Å²) in [6.45, 7) is 5.62. The van der Waals surface area contributed by atoms with Crippen molar-refractivity contribution in [1.29, 1.82) is 0 Å². The molecule has 1 aromatic heterocycles. The molecule has 2 N–H and O–H groups in total. The van der Waals surface area contributed by atoms with E-state index in [4.69, 9.17) is 15.5 Å². The third kappa shape index (κ3) is 5.39. The summed E-state index contributed by atoms with van der Waals surface area (Å²) in [6.07, 6.45) is 3.98. The number of nitrogens with zero attached hydrogens (tertiary/aromatic N) is 3. The van der Waals surface area contributed by atoms with Gasteiger partial charge in [0.2, 0.25) is 5.91 Å². The fraction of sp³-hybridized carbons (Fsp3) is 0.571. The average molecular weight is 389 g/mol. The zero-order chi connectivity index (χ0) is 20.5. The van der Waals surface area contributed by atoms with Gasteiger partial charge in [-0.1, -0.05) is 25.0 Å². The molecule has 0 unspecified atom stereocenters. The van der Waals surface area contributed by atoms with Crippen LogP contribution in [0.3, 0.4) is 0 Å². The summed E-state index contributed by atoms with van der Waals surface area (Å²) in [5.74, 6) is 0.574. The second-order valence-electron chi connectivity index (χ2n) is 7.03. The van der Waals surface area contributed by atoms with Crippen LogP contribution in [0, 0.1) is 0 Å². The predicted octanol–water partition coefficient (Wildman–Crippen LogP) is 2.47. The number of methoxy groups -OCH3 is 1. The third-order valence-corrected chi connectivity index (χ3v) is 5.01. The molecule has 2 rings (SSSR count). The number of hydrogen-bond acceptors (Lipinski definition) is 5. The minimum Gasteiger partial charge on any atom is -0.383 e. The van der Waals surface area contributed by atoms with E-state index in [0.717, 1.165) is 25.7 Å². The minimum atomic E-state index is -0.304. The summed E-state index contributed by atoms with van der Waals surface area (Å²) >= 11 is 0. The number of aromatic nitrogens is 2. The lowest BCUT2D eigenvalue weighted by molar-refractivity contribution is -0.131. The molecule has 0 saturated heterocycles. The molecule has 1 aromatic carbocycles. The van der Waals surface area contributed by atoms with E-state index in [1.54, 1.807) is 29.6 Å². The van der Waals surface area contributed by atoms with E-state index in [1.165, 1.54) is 0 Å². The maximum absolute atomic E-state index is 13.0. The number of rotatable bonds is 11.